The van der Waals surface area contributed by atoms with E-state index >= 15 is 0 Å². The van der Waals surface area contributed by atoms with Crippen LogP contribution in [0.15, 0.2) is 0 Å². The van der Waals surface area contributed by atoms with Gasteiger partial charge in [-0.25, -0.2) is 12.7 Å². The van der Waals surface area contributed by atoms with Crippen LogP contribution in [0.25, 0.3) is 0 Å². The third-order valence-corrected chi connectivity index (χ3v) is 3.99. The third kappa shape index (κ3) is 4.57. The zero-order valence-corrected chi connectivity index (χ0v) is 9.60. The fraction of sp³-hybridized carbons (Fsp3) is 0.875. The average molecular weight is 221 g/mol. The second-order valence-electron chi connectivity index (χ2n) is 3.08. The van der Waals surface area contributed by atoms with Gasteiger partial charge in [-0.1, -0.05) is 13.8 Å². The van der Waals surface area contributed by atoms with Crippen molar-refractivity contribution in [2.24, 2.45) is 5.73 Å². The summed E-state index contributed by atoms with van der Waals surface area (Å²) in [5.74, 6) is 0.189. The van der Waals surface area contributed by atoms with Gasteiger partial charge in [0.05, 0.1) is 11.6 Å². The smallest absolute Gasteiger partial charge is 0.214 e. The first kappa shape index (κ1) is 13.4. The highest BCUT2D eigenvalue weighted by Gasteiger charge is 2.18. The highest BCUT2D eigenvalue weighted by atomic mass is 32.2. The summed E-state index contributed by atoms with van der Waals surface area (Å²) >= 11 is 0. The summed E-state index contributed by atoms with van der Waals surface area (Å²) in [6.45, 7) is 4.37. The van der Waals surface area contributed by atoms with Gasteiger partial charge in [0.1, 0.15) is 0 Å². The molecule has 0 fully saturated rings. The molecule has 0 aromatic carbocycles. The lowest BCUT2D eigenvalue weighted by atomic mass is 10.4. The second kappa shape index (κ2) is 5.98. The Morgan fingerprint density at radius 3 is 2.36 bits per heavy atom. The average Bonchev–Trinajstić information content (AvgIpc) is 2.03. The van der Waals surface area contributed by atoms with Crippen molar-refractivity contribution in [2.75, 3.05) is 18.8 Å². The molecule has 0 aromatic heterocycles. The van der Waals surface area contributed by atoms with Crippen molar-refractivity contribution in [3.8, 4) is 0 Å². The monoisotopic (exact) mass is 221 g/mol. The molecule has 0 aliphatic rings. The molecule has 0 unspecified atom stereocenters. The molecule has 0 spiro atoms. The van der Waals surface area contributed by atoms with Crippen LogP contribution in [0.5, 0.6) is 0 Å². The summed E-state index contributed by atoms with van der Waals surface area (Å²) in [5, 5.41) is 7.03. The summed E-state index contributed by atoms with van der Waals surface area (Å²) in [6.07, 6.45) is 0.912. The molecule has 0 rings (SSSR count). The molecule has 0 bridgehead atoms. The predicted octanol–water partition coefficient (Wildman–Crippen LogP) is 0.374. The Hall–Kier alpha value is -0.620. The van der Waals surface area contributed by atoms with Gasteiger partial charge in [0.15, 0.2) is 0 Å². The maximum absolute atomic E-state index is 11.6. The quantitative estimate of drug-likeness (QED) is 0.481. The number of rotatable bonds is 7. The number of amidine groups is 1. The first-order valence-electron chi connectivity index (χ1n) is 4.74. The molecule has 0 atom stereocenters. The summed E-state index contributed by atoms with van der Waals surface area (Å²) in [4.78, 5) is 0. The van der Waals surface area contributed by atoms with Gasteiger partial charge in [0.2, 0.25) is 10.0 Å². The molecule has 0 amide bonds. The number of nitrogens with zero attached hydrogens (tertiary/aromatic N) is 1. The summed E-state index contributed by atoms with van der Waals surface area (Å²) < 4.78 is 24.6. The largest absolute Gasteiger partial charge is 0.388 e. The lowest BCUT2D eigenvalue weighted by Crippen LogP contribution is -2.35. The highest BCUT2D eigenvalue weighted by molar-refractivity contribution is 7.89. The van der Waals surface area contributed by atoms with E-state index in [1.165, 1.54) is 4.31 Å². The minimum atomic E-state index is -3.14. The summed E-state index contributed by atoms with van der Waals surface area (Å²) in [7, 11) is -3.14. The Bertz CT molecular complexity index is 274. The van der Waals surface area contributed by atoms with Gasteiger partial charge in [0.25, 0.3) is 0 Å². The maximum Gasteiger partial charge on any atom is 0.214 e. The van der Waals surface area contributed by atoms with Crippen LogP contribution in [0.3, 0.4) is 0 Å². The van der Waals surface area contributed by atoms with Crippen molar-refractivity contribution in [3.63, 3.8) is 0 Å². The van der Waals surface area contributed by atoms with Crippen LogP contribution >= 0.6 is 0 Å². The molecular weight excluding hydrogens is 202 g/mol. The molecule has 84 valence electrons. The molecule has 0 aliphatic carbocycles. The van der Waals surface area contributed by atoms with E-state index in [4.69, 9.17) is 11.1 Å². The first-order chi connectivity index (χ1) is 6.44. The molecular formula is C8H19N3O2S. The van der Waals surface area contributed by atoms with E-state index in [1.807, 2.05) is 6.92 Å². The van der Waals surface area contributed by atoms with Crippen molar-refractivity contribution in [1.29, 1.82) is 5.41 Å². The van der Waals surface area contributed by atoms with E-state index in [9.17, 15) is 8.42 Å². The van der Waals surface area contributed by atoms with Crippen LogP contribution in [-0.4, -0.2) is 37.4 Å². The van der Waals surface area contributed by atoms with Gasteiger partial charge in [-0.15, -0.1) is 0 Å². The van der Waals surface area contributed by atoms with Crippen LogP contribution in [0.1, 0.15) is 26.7 Å². The van der Waals surface area contributed by atoms with Crippen LogP contribution in [0.2, 0.25) is 0 Å². The van der Waals surface area contributed by atoms with Crippen molar-refractivity contribution in [3.05, 3.63) is 0 Å². The Morgan fingerprint density at radius 1 is 1.43 bits per heavy atom. The molecule has 0 heterocycles. The lowest BCUT2D eigenvalue weighted by Gasteiger charge is -2.19. The van der Waals surface area contributed by atoms with E-state index in [1.54, 1.807) is 6.92 Å². The number of nitrogens with one attached hydrogen (secondary N) is 1. The van der Waals surface area contributed by atoms with Gasteiger partial charge in [-0.05, 0) is 6.42 Å². The van der Waals surface area contributed by atoms with Crippen LogP contribution in [-0.2, 0) is 10.0 Å². The van der Waals surface area contributed by atoms with Gasteiger partial charge in [-0.2, -0.15) is 0 Å². The number of nitrogens with two attached hydrogens (primary N) is 1. The number of hydrogen-bond donors (Lipinski definition) is 2. The topological polar surface area (TPSA) is 87.2 Å². The predicted molar refractivity (Wildman–Crippen MR) is 57.9 cm³/mol. The lowest BCUT2D eigenvalue weighted by molar-refractivity contribution is 0.436. The Morgan fingerprint density at radius 2 is 2.00 bits per heavy atom. The van der Waals surface area contributed by atoms with Crippen molar-refractivity contribution in [1.82, 2.24) is 4.31 Å². The fourth-order valence-corrected chi connectivity index (χ4v) is 2.66. The first-order valence-corrected chi connectivity index (χ1v) is 6.35. The summed E-state index contributed by atoms with van der Waals surface area (Å²) in [5.41, 5.74) is 5.17. The van der Waals surface area contributed by atoms with Crippen LogP contribution in [0, 0.1) is 5.41 Å². The standard InChI is InChI=1S/C8H19N3O2S/c1-3-7-14(12,13)11(4-2)6-5-8(9)10/h3-7H2,1-2H3,(H3,9,10). The van der Waals surface area contributed by atoms with Gasteiger partial charge in [-0.3, -0.25) is 5.41 Å². The van der Waals surface area contributed by atoms with E-state index in [-0.39, 0.29) is 11.6 Å². The zero-order chi connectivity index (χ0) is 11.2. The van der Waals surface area contributed by atoms with Gasteiger partial charge < -0.3 is 5.73 Å². The van der Waals surface area contributed by atoms with E-state index in [0.29, 0.717) is 25.9 Å². The molecule has 3 N–H and O–H groups in total. The van der Waals surface area contributed by atoms with Crippen molar-refractivity contribution >= 4 is 15.9 Å². The Labute approximate surface area is 85.8 Å². The molecule has 0 saturated carbocycles. The van der Waals surface area contributed by atoms with Crippen molar-refractivity contribution < 1.29 is 8.42 Å². The Balaban J connectivity index is 4.32. The minimum Gasteiger partial charge on any atom is -0.388 e. The van der Waals surface area contributed by atoms with Gasteiger partial charge in [0, 0.05) is 19.5 Å². The fourth-order valence-electron chi connectivity index (χ4n) is 1.13. The molecule has 0 radical (unpaired) electrons. The molecule has 0 aromatic rings. The molecule has 0 saturated heterocycles. The normalized spacial score (nSPS) is 11.9. The van der Waals surface area contributed by atoms with Crippen LogP contribution < -0.4 is 5.73 Å². The van der Waals surface area contributed by atoms with Gasteiger partial charge >= 0.3 is 0 Å². The van der Waals surface area contributed by atoms with Crippen molar-refractivity contribution in [2.45, 2.75) is 26.7 Å². The minimum absolute atomic E-state index is 0.0233. The number of hydrogen-bond acceptors (Lipinski definition) is 3. The molecule has 0 aliphatic heterocycles. The number of sulfonamides is 1. The highest BCUT2D eigenvalue weighted by Crippen LogP contribution is 2.03. The molecule has 14 heavy (non-hydrogen) atoms. The summed E-state index contributed by atoms with van der Waals surface area (Å²) in [6, 6.07) is 0. The van der Waals surface area contributed by atoms with Crippen LogP contribution in [0.4, 0.5) is 0 Å². The van der Waals surface area contributed by atoms with E-state index in [0.717, 1.165) is 0 Å². The maximum atomic E-state index is 11.6. The van der Waals surface area contributed by atoms with E-state index < -0.39 is 10.0 Å². The van der Waals surface area contributed by atoms with E-state index in [2.05, 4.69) is 0 Å². The Kier molecular flexibility index (Phi) is 5.71. The molecule has 6 heteroatoms. The molecule has 5 nitrogen and oxygen atoms in total. The SMILES string of the molecule is CCCS(=O)(=O)N(CC)CCC(=N)N. The zero-order valence-electron chi connectivity index (χ0n) is 8.78. The second-order valence-corrected chi connectivity index (χ2v) is 5.17. The third-order valence-electron chi connectivity index (χ3n) is 1.84.